The van der Waals surface area contributed by atoms with Gasteiger partial charge in [0.25, 0.3) is 11.7 Å². The van der Waals surface area contributed by atoms with Crippen LogP contribution in [0, 0.1) is 12.7 Å². The van der Waals surface area contributed by atoms with Gasteiger partial charge in [0.1, 0.15) is 5.82 Å². The van der Waals surface area contributed by atoms with Crippen molar-refractivity contribution in [3.8, 4) is 0 Å². The number of fused-ring (bicyclic) bond motifs is 1. The van der Waals surface area contributed by atoms with E-state index in [0.29, 0.717) is 24.6 Å². The monoisotopic (exact) mass is 276 g/mol. The fraction of sp³-hybridized carbons (Fsp3) is 0.467. The first kappa shape index (κ1) is 13.2. The van der Waals surface area contributed by atoms with Gasteiger partial charge in [-0.15, -0.1) is 0 Å². The molecule has 1 N–H and O–H groups in total. The molecule has 1 aliphatic heterocycles. The molecule has 0 spiro atoms. The molecule has 1 aliphatic carbocycles. The first-order chi connectivity index (χ1) is 9.58. The van der Waals surface area contributed by atoms with E-state index in [0.717, 1.165) is 6.54 Å². The Bertz CT molecular complexity index is 581. The number of aryl methyl sites for hydroxylation is 1. The lowest BCUT2D eigenvalue weighted by atomic mass is 10.1. The number of halogens is 1. The van der Waals surface area contributed by atoms with Crippen molar-refractivity contribution in [1.29, 1.82) is 0 Å². The number of ketones is 1. The van der Waals surface area contributed by atoms with Crippen LogP contribution in [0.4, 0.5) is 10.1 Å². The van der Waals surface area contributed by atoms with Crippen LogP contribution in [-0.2, 0) is 4.79 Å². The van der Waals surface area contributed by atoms with Gasteiger partial charge in [0, 0.05) is 12.6 Å². The van der Waals surface area contributed by atoms with Crippen molar-refractivity contribution in [2.75, 3.05) is 18.0 Å². The fourth-order valence-electron chi connectivity index (χ4n) is 2.57. The zero-order valence-electron chi connectivity index (χ0n) is 11.4. The second-order valence-corrected chi connectivity index (χ2v) is 5.51. The highest BCUT2D eigenvalue weighted by molar-refractivity contribution is 6.52. The molecular formula is C15H17FN2O2. The van der Waals surface area contributed by atoms with Crippen LogP contribution in [0.5, 0.6) is 0 Å². The van der Waals surface area contributed by atoms with Gasteiger partial charge in [0.05, 0.1) is 11.3 Å². The summed E-state index contributed by atoms with van der Waals surface area (Å²) in [6.45, 7) is 2.87. The zero-order chi connectivity index (χ0) is 14.3. The molecule has 0 saturated heterocycles. The van der Waals surface area contributed by atoms with Gasteiger partial charge in [-0.2, -0.15) is 0 Å². The third kappa shape index (κ3) is 2.33. The van der Waals surface area contributed by atoms with E-state index in [1.165, 1.54) is 23.8 Å². The third-order valence-corrected chi connectivity index (χ3v) is 3.73. The summed E-state index contributed by atoms with van der Waals surface area (Å²) in [6.07, 6.45) is 3.12. The maximum atomic E-state index is 14.0. The number of nitrogens with zero attached hydrogens (tertiary/aromatic N) is 1. The molecule has 3 rings (SSSR count). The van der Waals surface area contributed by atoms with E-state index in [4.69, 9.17) is 0 Å². The van der Waals surface area contributed by atoms with Gasteiger partial charge in [-0.05, 0) is 50.4 Å². The number of Topliss-reactive ketones (excluding diaryl/α,β-unsaturated/α-hetero) is 1. The highest BCUT2D eigenvalue weighted by Gasteiger charge is 2.37. The smallest absolute Gasteiger partial charge is 0.299 e. The minimum atomic E-state index is -0.615. The second-order valence-electron chi connectivity index (χ2n) is 5.51. The van der Waals surface area contributed by atoms with Gasteiger partial charge in [-0.3, -0.25) is 9.59 Å². The maximum absolute atomic E-state index is 14.0. The van der Waals surface area contributed by atoms with Crippen molar-refractivity contribution in [3.63, 3.8) is 0 Å². The van der Waals surface area contributed by atoms with Crippen molar-refractivity contribution in [2.24, 2.45) is 0 Å². The zero-order valence-corrected chi connectivity index (χ0v) is 11.4. The molecule has 0 unspecified atom stereocenters. The Kier molecular flexibility index (Phi) is 3.30. The second kappa shape index (κ2) is 4.98. The van der Waals surface area contributed by atoms with E-state index in [1.54, 1.807) is 13.0 Å². The first-order valence-corrected chi connectivity index (χ1v) is 6.97. The molecule has 1 aromatic carbocycles. The highest BCUT2D eigenvalue weighted by Crippen LogP contribution is 2.32. The summed E-state index contributed by atoms with van der Waals surface area (Å²) >= 11 is 0. The predicted octanol–water partition coefficient (Wildman–Crippen LogP) is 1.81. The molecule has 1 fully saturated rings. The minimum absolute atomic E-state index is 0.150. The van der Waals surface area contributed by atoms with Gasteiger partial charge in [0.15, 0.2) is 0 Å². The molecular weight excluding hydrogens is 259 g/mol. The molecule has 1 heterocycles. The average Bonchev–Trinajstić information content (AvgIpc) is 3.18. The Hall–Kier alpha value is -1.75. The van der Waals surface area contributed by atoms with E-state index in [1.807, 2.05) is 0 Å². The van der Waals surface area contributed by atoms with Crippen LogP contribution in [0.1, 0.15) is 35.2 Å². The van der Waals surface area contributed by atoms with Gasteiger partial charge in [-0.1, -0.05) is 0 Å². The molecule has 20 heavy (non-hydrogen) atoms. The number of anilines is 1. The summed E-state index contributed by atoms with van der Waals surface area (Å²) in [5.41, 5.74) is 0.999. The Labute approximate surface area is 117 Å². The Morgan fingerprint density at radius 1 is 1.35 bits per heavy atom. The normalized spacial score (nSPS) is 17.8. The summed E-state index contributed by atoms with van der Waals surface area (Å²) in [6, 6.07) is 3.55. The summed E-state index contributed by atoms with van der Waals surface area (Å²) in [4.78, 5) is 25.1. The largest absolute Gasteiger partial charge is 0.314 e. The Morgan fingerprint density at radius 2 is 2.10 bits per heavy atom. The SMILES string of the molecule is Cc1cc(F)c2c(c1)C(=O)C(=O)N2CCCNC1CC1. The fourth-order valence-corrected chi connectivity index (χ4v) is 2.57. The number of amides is 1. The molecule has 0 bridgehead atoms. The number of nitrogens with one attached hydrogen (secondary N) is 1. The molecule has 2 aliphatic rings. The van der Waals surface area contributed by atoms with Crippen LogP contribution in [0.3, 0.4) is 0 Å². The van der Waals surface area contributed by atoms with Gasteiger partial charge < -0.3 is 10.2 Å². The molecule has 5 heteroatoms. The van der Waals surface area contributed by atoms with Crippen LogP contribution in [0.25, 0.3) is 0 Å². The summed E-state index contributed by atoms with van der Waals surface area (Å²) in [5.74, 6) is -1.71. The van der Waals surface area contributed by atoms with Crippen molar-refractivity contribution in [2.45, 2.75) is 32.2 Å². The van der Waals surface area contributed by atoms with E-state index in [-0.39, 0.29) is 11.3 Å². The maximum Gasteiger partial charge on any atom is 0.299 e. The highest BCUT2D eigenvalue weighted by atomic mass is 19.1. The van der Waals surface area contributed by atoms with Crippen LogP contribution in [0.2, 0.25) is 0 Å². The number of carbonyl (C=O) groups is 2. The molecule has 4 nitrogen and oxygen atoms in total. The number of benzene rings is 1. The van der Waals surface area contributed by atoms with Crippen LogP contribution >= 0.6 is 0 Å². The Morgan fingerprint density at radius 3 is 2.80 bits per heavy atom. The summed E-state index contributed by atoms with van der Waals surface area (Å²) < 4.78 is 14.0. The molecule has 106 valence electrons. The molecule has 0 radical (unpaired) electrons. The molecule has 0 aromatic heterocycles. The summed E-state index contributed by atoms with van der Waals surface area (Å²) in [7, 11) is 0. The average molecular weight is 276 g/mol. The number of hydrogen-bond acceptors (Lipinski definition) is 3. The quantitative estimate of drug-likeness (QED) is 0.659. The van der Waals surface area contributed by atoms with Crippen molar-refractivity contribution in [3.05, 3.63) is 29.1 Å². The van der Waals surface area contributed by atoms with E-state index in [2.05, 4.69) is 5.32 Å². The Balaban J connectivity index is 1.75. The van der Waals surface area contributed by atoms with Gasteiger partial charge in [-0.25, -0.2) is 4.39 Å². The van der Waals surface area contributed by atoms with Crippen LogP contribution < -0.4 is 10.2 Å². The molecule has 1 aromatic rings. The number of hydrogen-bond donors (Lipinski definition) is 1. The lowest BCUT2D eigenvalue weighted by Gasteiger charge is -2.17. The van der Waals surface area contributed by atoms with Gasteiger partial charge >= 0.3 is 0 Å². The number of carbonyl (C=O) groups excluding carboxylic acids is 2. The molecule has 1 amide bonds. The lowest BCUT2D eigenvalue weighted by molar-refractivity contribution is -0.114. The van der Waals surface area contributed by atoms with Crippen LogP contribution in [0.15, 0.2) is 12.1 Å². The molecule has 1 saturated carbocycles. The van der Waals surface area contributed by atoms with E-state index in [9.17, 15) is 14.0 Å². The van der Waals surface area contributed by atoms with Crippen molar-refractivity contribution in [1.82, 2.24) is 5.32 Å². The predicted molar refractivity (Wildman–Crippen MR) is 73.5 cm³/mol. The van der Waals surface area contributed by atoms with Crippen molar-refractivity contribution < 1.29 is 14.0 Å². The van der Waals surface area contributed by atoms with Crippen LogP contribution in [-0.4, -0.2) is 30.8 Å². The summed E-state index contributed by atoms with van der Waals surface area (Å²) in [5, 5.41) is 3.34. The van der Waals surface area contributed by atoms with Gasteiger partial charge in [0.2, 0.25) is 0 Å². The number of rotatable bonds is 5. The first-order valence-electron chi connectivity index (χ1n) is 6.97. The minimum Gasteiger partial charge on any atom is -0.314 e. The standard InChI is InChI=1S/C15H17FN2O2/c1-9-7-11-13(12(16)8-9)18(15(20)14(11)19)6-2-5-17-10-3-4-10/h7-8,10,17H,2-6H2,1H3. The topological polar surface area (TPSA) is 49.4 Å². The van der Waals surface area contributed by atoms with E-state index >= 15 is 0 Å². The van der Waals surface area contributed by atoms with E-state index < -0.39 is 17.5 Å². The third-order valence-electron chi connectivity index (χ3n) is 3.73. The lowest BCUT2D eigenvalue weighted by Crippen LogP contribution is -2.33. The van der Waals surface area contributed by atoms with Crippen molar-refractivity contribution >= 4 is 17.4 Å². The molecule has 0 atom stereocenters.